The maximum Gasteiger partial charge on any atom is 0.239 e. The van der Waals surface area contributed by atoms with Crippen LogP contribution in [0.2, 0.25) is 0 Å². The summed E-state index contributed by atoms with van der Waals surface area (Å²) in [6.45, 7) is 1.91. The molecule has 130 valence electrons. The van der Waals surface area contributed by atoms with Gasteiger partial charge in [0, 0.05) is 5.69 Å². The zero-order valence-corrected chi connectivity index (χ0v) is 15.3. The highest BCUT2D eigenvalue weighted by atomic mass is 32.2. The van der Waals surface area contributed by atoms with Crippen molar-refractivity contribution in [3.63, 3.8) is 0 Å². The molecule has 0 fully saturated rings. The van der Waals surface area contributed by atoms with Crippen LogP contribution >= 0.6 is 11.3 Å². The van der Waals surface area contributed by atoms with Gasteiger partial charge in [0.2, 0.25) is 5.91 Å². The lowest BCUT2D eigenvalue weighted by Crippen LogP contribution is -2.23. The van der Waals surface area contributed by atoms with Crippen molar-refractivity contribution in [2.45, 2.75) is 11.8 Å². The van der Waals surface area contributed by atoms with Gasteiger partial charge in [-0.3, -0.25) is 4.79 Å². The Balaban J connectivity index is 1.73. The zero-order chi connectivity index (χ0) is 18.0. The molecule has 2 aromatic carbocycles. The molecule has 1 heterocycles. The van der Waals surface area contributed by atoms with Crippen molar-refractivity contribution in [1.29, 1.82) is 0 Å². The Kier molecular flexibility index (Phi) is 4.73. The fourth-order valence-corrected chi connectivity index (χ4v) is 4.35. The minimum atomic E-state index is -3.72. The van der Waals surface area contributed by atoms with Gasteiger partial charge < -0.3 is 10.1 Å². The number of aromatic nitrogens is 1. The molecule has 8 heteroatoms. The molecule has 0 atom stereocenters. The Labute approximate surface area is 149 Å². The Morgan fingerprint density at radius 1 is 1.20 bits per heavy atom. The van der Waals surface area contributed by atoms with Crippen molar-refractivity contribution < 1.29 is 17.9 Å². The van der Waals surface area contributed by atoms with Crippen LogP contribution in [0.25, 0.3) is 10.2 Å². The van der Waals surface area contributed by atoms with Gasteiger partial charge in [0.15, 0.2) is 9.84 Å². The van der Waals surface area contributed by atoms with Gasteiger partial charge in [0.25, 0.3) is 0 Å². The summed E-state index contributed by atoms with van der Waals surface area (Å²) in [6.07, 6.45) is 0. The maximum atomic E-state index is 12.3. The molecular weight excluding hydrogens is 360 g/mol. The third-order valence-electron chi connectivity index (χ3n) is 3.52. The van der Waals surface area contributed by atoms with E-state index in [2.05, 4.69) is 10.3 Å². The van der Waals surface area contributed by atoms with E-state index >= 15 is 0 Å². The van der Waals surface area contributed by atoms with E-state index in [1.807, 2.05) is 6.92 Å². The highest BCUT2D eigenvalue weighted by Gasteiger charge is 2.19. The van der Waals surface area contributed by atoms with E-state index in [1.54, 1.807) is 30.3 Å². The number of carbonyl (C=O) groups is 1. The molecule has 0 aliphatic heterocycles. The van der Waals surface area contributed by atoms with E-state index in [9.17, 15) is 13.2 Å². The van der Waals surface area contributed by atoms with Crippen LogP contribution in [0.1, 0.15) is 5.01 Å². The second-order valence-electron chi connectivity index (χ2n) is 5.40. The number of ether oxygens (including phenoxy) is 1. The van der Waals surface area contributed by atoms with Crippen LogP contribution in [-0.4, -0.2) is 32.2 Å². The average molecular weight is 376 g/mol. The maximum absolute atomic E-state index is 12.3. The van der Waals surface area contributed by atoms with Crippen molar-refractivity contribution in [3.8, 4) is 5.75 Å². The Hall–Kier alpha value is -2.45. The number of rotatable bonds is 5. The van der Waals surface area contributed by atoms with Gasteiger partial charge in [-0.1, -0.05) is 0 Å². The van der Waals surface area contributed by atoms with Crippen molar-refractivity contribution >= 4 is 43.0 Å². The highest BCUT2D eigenvalue weighted by Crippen LogP contribution is 2.25. The molecule has 1 aromatic heterocycles. The lowest BCUT2D eigenvalue weighted by Gasteiger charge is -2.07. The smallest absolute Gasteiger partial charge is 0.239 e. The van der Waals surface area contributed by atoms with Crippen LogP contribution in [0.3, 0.4) is 0 Å². The quantitative estimate of drug-likeness (QED) is 0.740. The van der Waals surface area contributed by atoms with Gasteiger partial charge >= 0.3 is 0 Å². The molecule has 3 aromatic rings. The number of nitrogens with one attached hydrogen (secondary N) is 1. The second-order valence-corrected chi connectivity index (χ2v) is 8.62. The molecular formula is C17H16N2O4S2. The molecule has 1 amide bonds. The highest BCUT2D eigenvalue weighted by molar-refractivity contribution is 7.92. The summed E-state index contributed by atoms with van der Waals surface area (Å²) < 4.78 is 30.6. The first-order valence-corrected chi connectivity index (χ1v) is 9.88. The summed E-state index contributed by atoms with van der Waals surface area (Å²) in [5.41, 5.74) is 1.40. The molecule has 0 aliphatic carbocycles. The molecule has 0 spiro atoms. The molecule has 3 rings (SSSR count). The number of carbonyl (C=O) groups excluding carboxylic acids is 1. The summed E-state index contributed by atoms with van der Waals surface area (Å²) in [6, 6.07) is 11.2. The predicted octanol–water partition coefficient (Wildman–Crippen LogP) is 3.03. The number of thiazole rings is 1. The molecule has 0 saturated heterocycles. The first kappa shape index (κ1) is 17.4. The van der Waals surface area contributed by atoms with E-state index in [1.165, 1.54) is 30.6 Å². The first-order chi connectivity index (χ1) is 11.9. The number of hydrogen-bond acceptors (Lipinski definition) is 6. The number of amides is 1. The fourth-order valence-electron chi connectivity index (χ4n) is 2.35. The summed E-state index contributed by atoms with van der Waals surface area (Å²) in [5.74, 6) is -0.660. The number of methoxy groups -OCH3 is 1. The number of nitrogens with zero attached hydrogens (tertiary/aromatic N) is 1. The average Bonchev–Trinajstić information content (AvgIpc) is 2.93. The Morgan fingerprint density at radius 2 is 1.92 bits per heavy atom. The lowest BCUT2D eigenvalue weighted by atomic mass is 10.3. The van der Waals surface area contributed by atoms with E-state index in [0.29, 0.717) is 11.4 Å². The fraction of sp³-hybridized carbons (Fsp3) is 0.176. The van der Waals surface area contributed by atoms with Gasteiger partial charge in [-0.05, 0) is 49.4 Å². The topological polar surface area (TPSA) is 85.4 Å². The van der Waals surface area contributed by atoms with Crippen molar-refractivity contribution in [2.75, 3.05) is 18.2 Å². The standard InChI is InChI=1S/C17H16N2O4S2/c1-11-18-15-8-3-12(9-16(15)24-11)19-17(20)10-25(21,22)14-6-4-13(23-2)5-7-14/h3-9H,10H2,1-2H3,(H,19,20). The number of hydrogen-bond donors (Lipinski definition) is 1. The number of aryl methyl sites for hydroxylation is 1. The van der Waals surface area contributed by atoms with Gasteiger partial charge in [-0.15, -0.1) is 11.3 Å². The molecule has 1 N–H and O–H groups in total. The summed E-state index contributed by atoms with van der Waals surface area (Å²) in [5, 5.41) is 3.56. The van der Waals surface area contributed by atoms with E-state index in [0.717, 1.165) is 15.2 Å². The zero-order valence-electron chi connectivity index (χ0n) is 13.6. The molecule has 0 unspecified atom stereocenters. The first-order valence-electron chi connectivity index (χ1n) is 7.41. The lowest BCUT2D eigenvalue weighted by molar-refractivity contribution is -0.113. The van der Waals surface area contributed by atoms with Gasteiger partial charge in [-0.25, -0.2) is 13.4 Å². The van der Waals surface area contributed by atoms with Gasteiger partial charge in [0.1, 0.15) is 11.5 Å². The van der Waals surface area contributed by atoms with Crippen molar-refractivity contribution in [2.24, 2.45) is 0 Å². The third kappa shape index (κ3) is 3.97. The van der Waals surface area contributed by atoms with Crippen LogP contribution in [0.4, 0.5) is 5.69 Å². The third-order valence-corrected chi connectivity index (χ3v) is 6.09. The van der Waals surface area contributed by atoms with Crippen LogP contribution < -0.4 is 10.1 Å². The number of benzene rings is 2. The summed E-state index contributed by atoms with van der Waals surface area (Å²) >= 11 is 1.51. The molecule has 0 bridgehead atoms. The van der Waals surface area contributed by atoms with Crippen molar-refractivity contribution in [3.05, 3.63) is 47.5 Å². The van der Waals surface area contributed by atoms with Gasteiger partial charge in [-0.2, -0.15) is 0 Å². The molecule has 0 aliphatic rings. The van der Waals surface area contributed by atoms with E-state index in [4.69, 9.17) is 4.74 Å². The SMILES string of the molecule is COc1ccc(S(=O)(=O)CC(=O)Nc2ccc3nc(C)sc3c2)cc1. The monoisotopic (exact) mass is 376 g/mol. The van der Waals surface area contributed by atoms with Crippen LogP contribution in [-0.2, 0) is 14.6 Å². The normalized spacial score (nSPS) is 11.4. The molecule has 0 saturated carbocycles. The molecule has 25 heavy (non-hydrogen) atoms. The summed E-state index contributed by atoms with van der Waals surface area (Å²) in [7, 11) is -2.22. The predicted molar refractivity (Wildman–Crippen MR) is 98.0 cm³/mol. The van der Waals surface area contributed by atoms with Crippen LogP contribution in [0.5, 0.6) is 5.75 Å². The van der Waals surface area contributed by atoms with Crippen LogP contribution in [0.15, 0.2) is 47.4 Å². The minimum absolute atomic E-state index is 0.0805. The summed E-state index contributed by atoms with van der Waals surface area (Å²) in [4.78, 5) is 16.6. The molecule has 6 nitrogen and oxygen atoms in total. The number of fused-ring (bicyclic) bond motifs is 1. The molecule has 0 radical (unpaired) electrons. The minimum Gasteiger partial charge on any atom is -0.497 e. The largest absolute Gasteiger partial charge is 0.497 e. The Bertz CT molecular complexity index is 1020. The van der Waals surface area contributed by atoms with E-state index < -0.39 is 21.5 Å². The van der Waals surface area contributed by atoms with E-state index in [-0.39, 0.29) is 4.90 Å². The second kappa shape index (κ2) is 6.81. The number of anilines is 1. The van der Waals surface area contributed by atoms with Crippen LogP contribution in [0, 0.1) is 6.92 Å². The Morgan fingerprint density at radius 3 is 2.60 bits per heavy atom. The van der Waals surface area contributed by atoms with Gasteiger partial charge in [0.05, 0.1) is 27.2 Å². The number of sulfone groups is 1. The van der Waals surface area contributed by atoms with Crippen molar-refractivity contribution in [1.82, 2.24) is 4.98 Å².